The summed E-state index contributed by atoms with van der Waals surface area (Å²) in [6, 6.07) is 5.13. The molecule has 114 valence electrons. The van der Waals surface area contributed by atoms with E-state index in [0.717, 1.165) is 16.8 Å². The molecular formula is C16H16N2O4. The van der Waals surface area contributed by atoms with E-state index in [2.05, 4.69) is 11.9 Å². The fourth-order valence-electron chi connectivity index (χ4n) is 2.96. The Bertz CT molecular complexity index is 668. The van der Waals surface area contributed by atoms with Crippen molar-refractivity contribution < 1.29 is 19.1 Å². The van der Waals surface area contributed by atoms with E-state index < -0.39 is 6.04 Å². The van der Waals surface area contributed by atoms with Crippen molar-refractivity contribution in [1.82, 2.24) is 10.2 Å². The van der Waals surface area contributed by atoms with E-state index in [1.807, 2.05) is 17.0 Å². The molecule has 1 atom stereocenters. The lowest BCUT2D eigenvalue weighted by molar-refractivity contribution is -0.136. The largest absolute Gasteiger partial charge is 0.486 e. The Labute approximate surface area is 127 Å². The summed E-state index contributed by atoms with van der Waals surface area (Å²) < 4.78 is 5.44. The summed E-state index contributed by atoms with van der Waals surface area (Å²) in [5.41, 5.74) is 2.56. The number of nitrogens with zero attached hydrogens (tertiary/aromatic N) is 1. The molecule has 2 aliphatic heterocycles. The first-order chi connectivity index (χ1) is 10.6. The smallest absolute Gasteiger partial charge is 0.249 e. The van der Waals surface area contributed by atoms with Crippen LogP contribution in [0, 0.1) is 0 Å². The zero-order valence-electron chi connectivity index (χ0n) is 12.0. The lowest BCUT2D eigenvalue weighted by Crippen LogP contribution is -2.50. The van der Waals surface area contributed by atoms with Gasteiger partial charge in [-0.05, 0) is 12.5 Å². The van der Waals surface area contributed by atoms with E-state index in [9.17, 15) is 14.4 Å². The third kappa shape index (κ3) is 2.36. The summed E-state index contributed by atoms with van der Waals surface area (Å²) in [6.07, 6.45) is 1.49. The van der Waals surface area contributed by atoms with E-state index in [-0.39, 0.29) is 18.4 Å². The number of nitrogens with one attached hydrogen (secondary N) is 1. The average Bonchev–Trinajstić information content (AvgIpc) is 2.83. The number of ether oxygens (including phenoxy) is 1. The van der Waals surface area contributed by atoms with Gasteiger partial charge in [0.25, 0.3) is 0 Å². The zero-order chi connectivity index (χ0) is 15.7. The third-order valence-corrected chi connectivity index (χ3v) is 4.01. The molecule has 1 unspecified atom stereocenters. The second kappa shape index (κ2) is 5.63. The molecule has 2 aliphatic rings. The van der Waals surface area contributed by atoms with E-state index in [4.69, 9.17) is 4.74 Å². The average molecular weight is 300 g/mol. The summed E-state index contributed by atoms with van der Waals surface area (Å²) in [7, 11) is 0. The molecule has 2 heterocycles. The van der Waals surface area contributed by atoms with Crippen LogP contribution in [0.5, 0.6) is 5.75 Å². The monoisotopic (exact) mass is 300 g/mol. The first-order valence-electron chi connectivity index (χ1n) is 7.09. The van der Waals surface area contributed by atoms with Gasteiger partial charge < -0.3 is 9.64 Å². The molecule has 1 fully saturated rings. The number of carbonyl (C=O) groups excluding carboxylic acids is 3. The Morgan fingerprint density at radius 3 is 2.95 bits per heavy atom. The van der Waals surface area contributed by atoms with Crippen LogP contribution in [0.15, 0.2) is 24.8 Å². The van der Waals surface area contributed by atoms with Gasteiger partial charge >= 0.3 is 0 Å². The van der Waals surface area contributed by atoms with Crippen LogP contribution in [0.4, 0.5) is 0 Å². The predicted molar refractivity (Wildman–Crippen MR) is 78.7 cm³/mol. The van der Waals surface area contributed by atoms with Crippen molar-refractivity contribution in [2.75, 3.05) is 6.61 Å². The lowest BCUT2D eigenvalue weighted by atomic mass is 10.0. The molecule has 1 aromatic rings. The number of fused-ring (bicyclic) bond motifs is 1. The molecule has 1 aromatic carbocycles. The van der Waals surface area contributed by atoms with Crippen molar-refractivity contribution in [3.05, 3.63) is 35.9 Å². The van der Waals surface area contributed by atoms with Crippen molar-refractivity contribution in [2.45, 2.75) is 25.4 Å². The summed E-state index contributed by atoms with van der Waals surface area (Å²) in [5.74, 6) is 0.0969. The highest BCUT2D eigenvalue weighted by atomic mass is 16.5. The maximum atomic E-state index is 12.1. The molecule has 0 spiro atoms. The number of benzene rings is 1. The maximum absolute atomic E-state index is 12.1. The second-order valence-corrected chi connectivity index (χ2v) is 5.30. The second-order valence-electron chi connectivity index (χ2n) is 5.30. The number of hydrogen-bond donors (Lipinski definition) is 1. The summed E-state index contributed by atoms with van der Waals surface area (Å²) >= 11 is 0. The Morgan fingerprint density at radius 1 is 1.41 bits per heavy atom. The molecular weight excluding hydrogens is 284 g/mol. The minimum Gasteiger partial charge on any atom is -0.486 e. The topological polar surface area (TPSA) is 75.7 Å². The van der Waals surface area contributed by atoms with Gasteiger partial charge in [0.2, 0.25) is 11.8 Å². The number of piperidine rings is 1. The fraction of sp³-hybridized carbons (Fsp3) is 0.312. The molecule has 1 N–H and O–H groups in total. The first-order valence-corrected chi connectivity index (χ1v) is 7.09. The van der Waals surface area contributed by atoms with Gasteiger partial charge in [0.05, 0.1) is 0 Å². The molecule has 0 aliphatic carbocycles. The molecule has 6 nitrogen and oxygen atoms in total. The van der Waals surface area contributed by atoms with Gasteiger partial charge in [0.1, 0.15) is 18.4 Å². The Morgan fingerprint density at radius 2 is 2.23 bits per heavy atom. The Hall–Kier alpha value is -2.63. The number of carbonyl (C=O) groups is 3. The van der Waals surface area contributed by atoms with Crippen molar-refractivity contribution in [2.24, 2.45) is 0 Å². The highest BCUT2D eigenvalue weighted by Gasteiger charge is 2.37. The van der Waals surface area contributed by atoms with Crippen molar-refractivity contribution in [3.63, 3.8) is 0 Å². The highest BCUT2D eigenvalue weighted by molar-refractivity contribution is 6.01. The molecule has 0 aromatic heterocycles. The van der Waals surface area contributed by atoms with Crippen LogP contribution in [-0.4, -0.2) is 35.6 Å². The van der Waals surface area contributed by atoms with Crippen LogP contribution in [0.2, 0.25) is 0 Å². The van der Waals surface area contributed by atoms with Crippen molar-refractivity contribution in [3.8, 4) is 5.75 Å². The lowest BCUT2D eigenvalue weighted by Gasteiger charge is -2.31. The van der Waals surface area contributed by atoms with Crippen molar-refractivity contribution in [1.29, 1.82) is 0 Å². The number of hydrogen-bond acceptors (Lipinski definition) is 5. The SMILES string of the molecule is C=C1c2cccc(OCC=O)c2CN1C1CCC(=O)NC1=O. The minimum absolute atomic E-state index is 0.0126. The minimum atomic E-state index is -0.406. The number of amides is 2. The molecule has 0 saturated carbocycles. The van der Waals surface area contributed by atoms with E-state index in [1.165, 1.54) is 0 Å². The number of imide groups is 1. The molecule has 22 heavy (non-hydrogen) atoms. The van der Waals surface area contributed by atoms with E-state index >= 15 is 0 Å². The number of rotatable bonds is 4. The standard InChI is InChI=1S/C16H16N2O4/c1-10-11-3-2-4-14(22-8-7-19)12(11)9-18(10)13-5-6-15(20)17-16(13)21/h2-4,7,13H,1,5-6,8-9H2,(H,17,20,21). The maximum Gasteiger partial charge on any atom is 0.249 e. The number of aldehydes is 1. The highest BCUT2D eigenvalue weighted by Crippen LogP contribution is 2.39. The normalized spacial score (nSPS) is 20.6. The van der Waals surface area contributed by atoms with Gasteiger partial charge in [0.15, 0.2) is 6.29 Å². The fourth-order valence-corrected chi connectivity index (χ4v) is 2.96. The quantitative estimate of drug-likeness (QED) is 0.659. The van der Waals surface area contributed by atoms with E-state index in [1.54, 1.807) is 6.07 Å². The van der Waals surface area contributed by atoms with Crippen LogP contribution in [-0.2, 0) is 20.9 Å². The molecule has 3 rings (SSSR count). The summed E-state index contributed by atoms with van der Waals surface area (Å²) in [5, 5.41) is 2.36. The molecule has 6 heteroatoms. The van der Waals surface area contributed by atoms with Gasteiger partial charge in [-0.1, -0.05) is 18.7 Å². The molecule has 2 amide bonds. The van der Waals surface area contributed by atoms with Gasteiger partial charge in [0, 0.05) is 29.8 Å². The van der Waals surface area contributed by atoms with E-state index in [0.29, 0.717) is 31.4 Å². The van der Waals surface area contributed by atoms with Crippen LogP contribution in [0.3, 0.4) is 0 Å². The molecule has 0 radical (unpaired) electrons. The predicted octanol–water partition coefficient (Wildman–Crippen LogP) is 0.856. The summed E-state index contributed by atoms with van der Waals surface area (Å²) in [6.45, 7) is 4.53. The van der Waals surface area contributed by atoms with Gasteiger partial charge in [-0.15, -0.1) is 0 Å². The van der Waals surface area contributed by atoms with Gasteiger partial charge in [-0.3, -0.25) is 19.7 Å². The third-order valence-electron chi connectivity index (χ3n) is 4.01. The van der Waals surface area contributed by atoms with Gasteiger partial charge in [-0.25, -0.2) is 0 Å². The Balaban J connectivity index is 1.86. The van der Waals surface area contributed by atoms with Gasteiger partial charge in [-0.2, -0.15) is 0 Å². The van der Waals surface area contributed by atoms with Crippen LogP contribution < -0.4 is 10.1 Å². The summed E-state index contributed by atoms with van der Waals surface area (Å²) in [4.78, 5) is 35.7. The zero-order valence-corrected chi connectivity index (χ0v) is 12.0. The van der Waals surface area contributed by atoms with Crippen LogP contribution >= 0.6 is 0 Å². The first kappa shape index (κ1) is 14.3. The Kier molecular flexibility index (Phi) is 3.66. The molecule has 1 saturated heterocycles. The van der Waals surface area contributed by atoms with Crippen LogP contribution in [0.1, 0.15) is 24.0 Å². The molecule has 0 bridgehead atoms. The van der Waals surface area contributed by atoms with Crippen molar-refractivity contribution >= 4 is 23.8 Å². The van der Waals surface area contributed by atoms with Crippen LogP contribution in [0.25, 0.3) is 5.70 Å².